The number of rotatable bonds is 2. The van der Waals surface area contributed by atoms with E-state index in [0.29, 0.717) is 6.47 Å². The number of ether oxygens (including phenoxy) is 1. The molecule has 0 amide bonds. The van der Waals surface area contributed by atoms with Gasteiger partial charge in [0.2, 0.25) is 0 Å². The van der Waals surface area contributed by atoms with E-state index in [1.54, 1.807) is 0 Å². The Bertz CT molecular complexity index is 74.6. The first-order valence-electron chi connectivity index (χ1n) is 2.88. The minimum atomic E-state index is 0.515. The number of carbonyl (C=O) groups excluding carboxylic acids is 1. The molecule has 1 radical (unpaired) electrons. The van der Waals surface area contributed by atoms with E-state index in [0.717, 1.165) is 18.9 Å². The van der Waals surface area contributed by atoms with Crippen LogP contribution in [0.3, 0.4) is 0 Å². The third kappa shape index (κ3) is 1.22. The molecule has 1 rings (SSSR count). The molecule has 8 heavy (non-hydrogen) atoms. The van der Waals surface area contributed by atoms with Gasteiger partial charge in [0.05, 0.1) is 0 Å². The Morgan fingerprint density at radius 3 is 2.50 bits per heavy atom. The van der Waals surface area contributed by atoms with Crippen molar-refractivity contribution in [3.05, 3.63) is 6.10 Å². The van der Waals surface area contributed by atoms with Gasteiger partial charge in [-0.25, -0.2) is 0 Å². The normalized spacial score (nSPS) is 21.0. The fourth-order valence-corrected chi connectivity index (χ4v) is 0.955. The van der Waals surface area contributed by atoms with Gasteiger partial charge in [-0.3, -0.25) is 4.79 Å². The molecule has 1 saturated carbocycles. The lowest BCUT2D eigenvalue weighted by molar-refractivity contribution is -0.128. The van der Waals surface area contributed by atoms with Crippen LogP contribution in [0.5, 0.6) is 0 Å². The van der Waals surface area contributed by atoms with Gasteiger partial charge in [-0.05, 0) is 25.7 Å². The molecule has 2 nitrogen and oxygen atoms in total. The lowest BCUT2D eigenvalue weighted by Gasteiger charge is -2.00. The Kier molecular flexibility index (Phi) is 1.89. The number of hydrogen-bond donors (Lipinski definition) is 0. The van der Waals surface area contributed by atoms with Crippen molar-refractivity contribution in [3.8, 4) is 0 Å². The van der Waals surface area contributed by atoms with Crippen LogP contribution < -0.4 is 0 Å². The number of hydrogen-bond acceptors (Lipinski definition) is 2. The highest BCUT2D eigenvalue weighted by Gasteiger charge is 2.16. The Balaban J connectivity index is 2.14. The summed E-state index contributed by atoms with van der Waals surface area (Å²) in [6.07, 6.45) is 5.30. The molecule has 0 N–H and O–H groups in total. The molecule has 0 aromatic heterocycles. The van der Waals surface area contributed by atoms with Gasteiger partial charge in [0, 0.05) is 0 Å². The topological polar surface area (TPSA) is 26.3 Å². The quantitative estimate of drug-likeness (QED) is 0.504. The summed E-state index contributed by atoms with van der Waals surface area (Å²) in [6, 6.07) is 0. The van der Waals surface area contributed by atoms with Crippen molar-refractivity contribution in [1.29, 1.82) is 0 Å². The van der Waals surface area contributed by atoms with E-state index in [9.17, 15) is 4.79 Å². The Morgan fingerprint density at radius 2 is 2.00 bits per heavy atom. The van der Waals surface area contributed by atoms with E-state index in [-0.39, 0.29) is 0 Å². The third-order valence-electron chi connectivity index (χ3n) is 1.38. The molecule has 0 spiro atoms. The Morgan fingerprint density at radius 1 is 1.38 bits per heavy atom. The first kappa shape index (κ1) is 5.60. The van der Waals surface area contributed by atoms with Gasteiger partial charge in [-0.2, -0.15) is 0 Å². The van der Waals surface area contributed by atoms with Crippen LogP contribution in [0.25, 0.3) is 0 Å². The lowest BCUT2D eigenvalue weighted by Crippen LogP contribution is -1.93. The second kappa shape index (κ2) is 2.70. The zero-order valence-electron chi connectivity index (χ0n) is 4.72. The Labute approximate surface area is 48.8 Å². The lowest BCUT2D eigenvalue weighted by atomic mass is 10.3. The van der Waals surface area contributed by atoms with Crippen LogP contribution in [0.2, 0.25) is 0 Å². The maximum absolute atomic E-state index is 9.72. The van der Waals surface area contributed by atoms with Crippen molar-refractivity contribution in [2.45, 2.75) is 25.7 Å². The molecule has 0 aliphatic heterocycles. The average Bonchev–Trinajstić information content (AvgIpc) is 2.19. The van der Waals surface area contributed by atoms with Gasteiger partial charge >= 0.3 is 0 Å². The van der Waals surface area contributed by atoms with Crippen molar-refractivity contribution in [1.82, 2.24) is 0 Å². The minimum Gasteiger partial charge on any atom is -0.457 e. The van der Waals surface area contributed by atoms with E-state index in [4.69, 9.17) is 0 Å². The summed E-state index contributed by atoms with van der Waals surface area (Å²) in [5.41, 5.74) is 0. The molecule has 1 aliphatic carbocycles. The molecule has 45 valence electrons. The largest absolute Gasteiger partial charge is 0.457 e. The number of carbonyl (C=O) groups is 1. The van der Waals surface area contributed by atoms with E-state index in [2.05, 4.69) is 4.74 Å². The summed E-state index contributed by atoms with van der Waals surface area (Å²) in [7, 11) is 0. The minimum absolute atomic E-state index is 0.515. The van der Waals surface area contributed by atoms with E-state index in [1.165, 1.54) is 12.8 Å². The summed E-state index contributed by atoms with van der Waals surface area (Å²) in [5, 5.41) is 0. The maximum Gasteiger partial charge on any atom is 0.293 e. The molecule has 0 saturated heterocycles. The summed E-state index contributed by atoms with van der Waals surface area (Å²) in [6.45, 7) is 0.515. The standard InChI is InChI=1S/C6H9O2/c7-5-8-6-3-1-2-4-6/h5H,1-4H2. The zero-order chi connectivity index (χ0) is 5.82. The second-order valence-electron chi connectivity index (χ2n) is 1.96. The molecule has 0 atom stereocenters. The zero-order valence-corrected chi connectivity index (χ0v) is 4.72. The second-order valence-corrected chi connectivity index (χ2v) is 1.96. The van der Waals surface area contributed by atoms with Gasteiger partial charge in [0.1, 0.15) is 0 Å². The molecule has 0 bridgehead atoms. The van der Waals surface area contributed by atoms with Crippen molar-refractivity contribution in [3.63, 3.8) is 0 Å². The highest BCUT2D eigenvalue weighted by atomic mass is 16.5. The summed E-state index contributed by atoms with van der Waals surface area (Å²) < 4.78 is 4.64. The van der Waals surface area contributed by atoms with Crippen molar-refractivity contribution in [2.24, 2.45) is 0 Å². The first-order valence-corrected chi connectivity index (χ1v) is 2.88. The third-order valence-corrected chi connectivity index (χ3v) is 1.38. The van der Waals surface area contributed by atoms with E-state index >= 15 is 0 Å². The highest BCUT2D eigenvalue weighted by Crippen LogP contribution is 2.26. The van der Waals surface area contributed by atoms with Crippen LogP contribution >= 0.6 is 0 Å². The van der Waals surface area contributed by atoms with E-state index in [1.807, 2.05) is 0 Å². The molecule has 1 aliphatic rings. The van der Waals surface area contributed by atoms with Crippen LogP contribution in [0.15, 0.2) is 0 Å². The monoisotopic (exact) mass is 113 g/mol. The molecule has 0 aromatic rings. The smallest absolute Gasteiger partial charge is 0.293 e. The molecular formula is C6H9O2. The van der Waals surface area contributed by atoms with Crippen molar-refractivity contribution < 1.29 is 9.53 Å². The van der Waals surface area contributed by atoms with Gasteiger partial charge in [-0.1, -0.05) is 0 Å². The van der Waals surface area contributed by atoms with Gasteiger partial charge in [0.15, 0.2) is 6.10 Å². The summed E-state index contributed by atoms with van der Waals surface area (Å²) in [4.78, 5) is 9.72. The van der Waals surface area contributed by atoms with Crippen molar-refractivity contribution >= 4 is 6.47 Å². The van der Waals surface area contributed by atoms with Crippen LogP contribution in [-0.4, -0.2) is 6.47 Å². The molecule has 0 heterocycles. The van der Waals surface area contributed by atoms with Crippen LogP contribution in [0, 0.1) is 6.10 Å². The fourth-order valence-electron chi connectivity index (χ4n) is 0.955. The summed E-state index contributed by atoms with van der Waals surface area (Å²) >= 11 is 0. The summed E-state index contributed by atoms with van der Waals surface area (Å²) in [5.74, 6) is 0. The Hall–Kier alpha value is -0.530. The fraction of sp³-hybridized carbons (Fsp3) is 0.667. The first-order chi connectivity index (χ1) is 3.93. The van der Waals surface area contributed by atoms with E-state index < -0.39 is 0 Å². The molecule has 2 heteroatoms. The van der Waals surface area contributed by atoms with Crippen LogP contribution in [-0.2, 0) is 9.53 Å². The predicted molar refractivity (Wildman–Crippen MR) is 28.9 cm³/mol. The molecule has 1 fully saturated rings. The van der Waals surface area contributed by atoms with Gasteiger partial charge < -0.3 is 4.74 Å². The van der Waals surface area contributed by atoms with Crippen LogP contribution in [0.1, 0.15) is 25.7 Å². The molecule has 0 unspecified atom stereocenters. The molecular weight excluding hydrogens is 104 g/mol. The highest BCUT2D eigenvalue weighted by molar-refractivity contribution is 5.38. The van der Waals surface area contributed by atoms with Gasteiger partial charge in [0.25, 0.3) is 6.47 Å². The molecule has 0 aromatic carbocycles. The van der Waals surface area contributed by atoms with Crippen LogP contribution in [0.4, 0.5) is 0 Å². The predicted octanol–water partition coefficient (Wildman–Crippen LogP) is 1.27. The SMILES string of the molecule is O=CO[C]1CCCC1. The maximum atomic E-state index is 9.72. The van der Waals surface area contributed by atoms with Gasteiger partial charge in [-0.15, -0.1) is 0 Å². The average molecular weight is 113 g/mol. The van der Waals surface area contributed by atoms with Crippen molar-refractivity contribution in [2.75, 3.05) is 0 Å².